The number of hydrogen-bond donors (Lipinski definition) is 1. The number of fused-ring (bicyclic) bond motifs is 1. The van der Waals surface area contributed by atoms with Gasteiger partial charge < -0.3 is 19.3 Å². The van der Waals surface area contributed by atoms with E-state index in [1.165, 1.54) is 13.2 Å². The summed E-state index contributed by atoms with van der Waals surface area (Å²) in [6.45, 7) is 3.94. The first-order chi connectivity index (χ1) is 12.3. The second-order valence-corrected chi connectivity index (χ2v) is 6.70. The average Bonchev–Trinajstić information content (AvgIpc) is 2.61. The molecule has 3 rings (SSSR count). The second-order valence-electron chi connectivity index (χ2n) is 6.70. The largest absolute Gasteiger partial charge is 0.504 e. The Morgan fingerprint density at radius 2 is 1.92 bits per heavy atom. The van der Waals surface area contributed by atoms with Gasteiger partial charge in [0.2, 0.25) is 0 Å². The number of hydrogen-bond acceptors (Lipinski definition) is 5. The highest BCUT2D eigenvalue weighted by Crippen LogP contribution is 2.39. The molecule has 1 N–H and O–H groups in total. The number of rotatable bonds is 5. The third-order valence-corrected chi connectivity index (χ3v) is 4.29. The number of ether oxygens (including phenoxy) is 3. The van der Waals surface area contributed by atoms with Crippen LogP contribution in [0.5, 0.6) is 23.0 Å². The van der Waals surface area contributed by atoms with E-state index >= 15 is 0 Å². The first-order valence-electron chi connectivity index (χ1n) is 8.33. The minimum absolute atomic E-state index is 0.0416. The smallest absolute Gasteiger partial charge is 0.170 e. The first kappa shape index (κ1) is 17.9. The molecule has 0 aliphatic carbocycles. The lowest BCUT2D eigenvalue weighted by molar-refractivity contribution is 0.0989. The third-order valence-electron chi connectivity index (χ3n) is 4.29. The first-order valence-corrected chi connectivity index (χ1v) is 8.33. The standard InChI is InChI=1S/C21H22O5/c1-21(2)10-9-15-18(26-21)8-6-14(20(15)25-4)17(23)11-13-5-7-16(22)19(12-13)24-3/h5-10,12,22H,11H2,1-4H3. The monoisotopic (exact) mass is 354 g/mol. The molecule has 0 amide bonds. The van der Waals surface area contributed by atoms with E-state index in [2.05, 4.69) is 0 Å². The molecule has 136 valence electrons. The van der Waals surface area contributed by atoms with Gasteiger partial charge in [-0.25, -0.2) is 0 Å². The van der Waals surface area contributed by atoms with E-state index in [9.17, 15) is 9.90 Å². The highest BCUT2D eigenvalue weighted by molar-refractivity contribution is 6.01. The van der Waals surface area contributed by atoms with Crippen molar-refractivity contribution in [1.82, 2.24) is 0 Å². The number of phenols is 1. The van der Waals surface area contributed by atoms with E-state index in [1.807, 2.05) is 26.0 Å². The lowest BCUT2D eigenvalue weighted by Crippen LogP contribution is -2.27. The summed E-state index contributed by atoms with van der Waals surface area (Å²) in [5.74, 6) is 1.49. The number of ketones is 1. The molecular weight excluding hydrogens is 332 g/mol. The predicted molar refractivity (Wildman–Crippen MR) is 99.4 cm³/mol. The van der Waals surface area contributed by atoms with Gasteiger partial charge >= 0.3 is 0 Å². The zero-order valence-electron chi connectivity index (χ0n) is 15.3. The van der Waals surface area contributed by atoms with Crippen LogP contribution in [0.3, 0.4) is 0 Å². The molecule has 0 atom stereocenters. The molecule has 0 saturated carbocycles. The molecule has 1 aliphatic rings. The molecule has 0 radical (unpaired) electrons. The molecule has 5 nitrogen and oxygen atoms in total. The van der Waals surface area contributed by atoms with E-state index in [0.29, 0.717) is 22.8 Å². The van der Waals surface area contributed by atoms with E-state index < -0.39 is 5.60 Å². The van der Waals surface area contributed by atoms with Gasteiger partial charge in [-0.05, 0) is 55.8 Å². The molecule has 0 saturated heterocycles. The fourth-order valence-corrected chi connectivity index (χ4v) is 2.98. The van der Waals surface area contributed by atoms with Crippen molar-refractivity contribution >= 4 is 11.9 Å². The number of carbonyl (C=O) groups is 1. The Morgan fingerprint density at radius 3 is 2.62 bits per heavy atom. The van der Waals surface area contributed by atoms with Crippen molar-refractivity contribution in [2.24, 2.45) is 0 Å². The van der Waals surface area contributed by atoms with Crippen molar-refractivity contribution in [3.8, 4) is 23.0 Å². The summed E-state index contributed by atoms with van der Waals surface area (Å²) in [4.78, 5) is 12.8. The molecule has 0 aromatic heterocycles. The zero-order valence-corrected chi connectivity index (χ0v) is 15.3. The van der Waals surface area contributed by atoms with E-state index in [4.69, 9.17) is 14.2 Å². The Balaban J connectivity index is 1.93. The van der Waals surface area contributed by atoms with Crippen LogP contribution in [-0.2, 0) is 6.42 Å². The summed E-state index contributed by atoms with van der Waals surface area (Å²) < 4.78 is 16.6. The summed E-state index contributed by atoms with van der Waals surface area (Å²) in [5, 5.41) is 9.69. The highest BCUT2D eigenvalue weighted by Gasteiger charge is 2.26. The van der Waals surface area contributed by atoms with Crippen LogP contribution in [-0.4, -0.2) is 30.7 Å². The number of Topliss-reactive ketones (excluding diaryl/α,β-unsaturated/α-hetero) is 1. The lowest BCUT2D eigenvalue weighted by atomic mass is 9.96. The number of aromatic hydroxyl groups is 1. The van der Waals surface area contributed by atoms with E-state index in [0.717, 1.165) is 11.1 Å². The normalized spacial score (nSPS) is 14.3. The van der Waals surface area contributed by atoms with Gasteiger partial charge in [-0.3, -0.25) is 4.79 Å². The molecule has 0 fully saturated rings. The predicted octanol–water partition coefficient (Wildman–Crippen LogP) is 4.02. The molecule has 5 heteroatoms. The number of methoxy groups -OCH3 is 2. The molecule has 26 heavy (non-hydrogen) atoms. The zero-order chi connectivity index (χ0) is 18.9. The fourth-order valence-electron chi connectivity index (χ4n) is 2.98. The Bertz CT molecular complexity index is 880. The lowest BCUT2D eigenvalue weighted by Gasteiger charge is -2.29. The molecule has 2 aromatic carbocycles. The summed E-state index contributed by atoms with van der Waals surface area (Å²) in [6, 6.07) is 8.40. The molecule has 0 spiro atoms. The van der Waals surface area contributed by atoms with Crippen LogP contribution in [0.25, 0.3) is 6.08 Å². The van der Waals surface area contributed by atoms with Gasteiger partial charge in [0.25, 0.3) is 0 Å². The van der Waals surface area contributed by atoms with Gasteiger partial charge in [-0.2, -0.15) is 0 Å². The van der Waals surface area contributed by atoms with Gasteiger partial charge in [-0.15, -0.1) is 0 Å². The quantitative estimate of drug-likeness (QED) is 0.822. The maximum atomic E-state index is 12.8. The Kier molecular flexibility index (Phi) is 4.64. The molecule has 0 bridgehead atoms. The molecule has 2 aromatic rings. The van der Waals surface area contributed by atoms with Crippen molar-refractivity contribution in [1.29, 1.82) is 0 Å². The molecule has 1 aliphatic heterocycles. The van der Waals surface area contributed by atoms with Crippen molar-refractivity contribution in [2.75, 3.05) is 14.2 Å². The van der Waals surface area contributed by atoms with Gasteiger partial charge in [-0.1, -0.05) is 6.07 Å². The van der Waals surface area contributed by atoms with Gasteiger partial charge in [0, 0.05) is 6.42 Å². The average molecular weight is 354 g/mol. The number of benzene rings is 2. The second kappa shape index (κ2) is 6.75. The minimum Gasteiger partial charge on any atom is -0.504 e. The summed E-state index contributed by atoms with van der Waals surface area (Å²) in [7, 11) is 3.02. The van der Waals surface area contributed by atoms with Crippen molar-refractivity contribution in [2.45, 2.75) is 25.9 Å². The Labute approximate surface area is 152 Å². The van der Waals surface area contributed by atoms with Crippen LogP contribution in [0, 0.1) is 0 Å². The molecule has 1 heterocycles. The maximum Gasteiger partial charge on any atom is 0.170 e. The Morgan fingerprint density at radius 1 is 1.15 bits per heavy atom. The van der Waals surface area contributed by atoms with E-state index in [-0.39, 0.29) is 18.0 Å². The van der Waals surface area contributed by atoms with Crippen LogP contribution in [0.2, 0.25) is 0 Å². The van der Waals surface area contributed by atoms with Crippen LogP contribution < -0.4 is 14.2 Å². The van der Waals surface area contributed by atoms with Gasteiger partial charge in [0.15, 0.2) is 17.3 Å². The molecular formula is C21H22O5. The summed E-state index contributed by atoms with van der Waals surface area (Å²) in [5.41, 5.74) is 1.61. The van der Waals surface area contributed by atoms with Crippen molar-refractivity contribution < 1.29 is 24.1 Å². The Hall–Kier alpha value is -2.95. The van der Waals surface area contributed by atoms with Crippen LogP contribution >= 0.6 is 0 Å². The molecule has 0 unspecified atom stereocenters. The van der Waals surface area contributed by atoms with Crippen molar-refractivity contribution in [3.05, 3.63) is 53.1 Å². The summed E-state index contributed by atoms with van der Waals surface area (Å²) >= 11 is 0. The highest BCUT2D eigenvalue weighted by atomic mass is 16.5. The third kappa shape index (κ3) is 3.38. The maximum absolute atomic E-state index is 12.8. The minimum atomic E-state index is -0.397. The van der Waals surface area contributed by atoms with Crippen LogP contribution in [0.1, 0.15) is 35.3 Å². The summed E-state index contributed by atoms with van der Waals surface area (Å²) in [6.07, 6.45) is 4.04. The van der Waals surface area contributed by atoms with Gasteiger partial charge in [0.05, 0.1) is 25.3 Å². The van der Waals surface area contributed by atoms with Crippen molar-refractivity contribution in [3.63, 3.8) is 0 Å². The number of phenolic OH excluding ortho intramolecular Hbond substituents is 1. The van der Waals surface area contributed by atoms with Crippen LogP contribution in [0.15, 0.2) is 36.4 Å². The van der Waals surface area contributed by atoms with Crippen LogP contribution in [0.4, 0.5) is 0 Å². The number of carbonyl (C=O) groups excluding carboxylic acids is 1. The van der Waals surface area contributed by atoms with E-state index in [1.54, 1.807) is 31.4 Å². The topological polar surface area (TPSA) is 65.0 Å². The fraction of sp³-hybridized carbons (Fsp3) is 0.286. The van der Waals surface area contributed by atoms with Gasteiger partial charge in [0.1, 0.15) is 17.1 Å². The SMILES string of the molecule is COc1cc(CC(=O)c2ccc3c(c2OC)C=CC(C)(C)O3)ccc1O.